The number of nitrogens with one attached hydrogen (secondary N) is 1. The van der Waals surface area contributed by atoms with Gasteiger partial charge >= 0.3 is 0 Å². The van der Waals surface area contributed by atoms with E-state index in [0.29, 0.717) is 23.2 Å². The van der Waals surface area contributed by atoms with Crippen LogP contribution < -0.4 is 10.5 Å². The number of rotatable bonds is 3. The molecule has 1 aliphatic heterocycles. The highest BCUT2D eigenvalue weighted by atomic mass is 35.5. The van der Waals surface area contributed by atoms with Gasteiger partial charge in [-0.2, -0.15) is 0 Å². The number of hydrogen-bond donors (Lipinski definition) is 2. The number of hydrogen-bond acceptors (Lipinski definition) is 2. The van der Waals surface area contributed by atoms with E-state index in [1.165, 1.54) is 5.56 Å². The molecular weight excluding hydrogens is 333 g/mol. The van der Waals surface area contributed by atoms with Crippen molar-refractivity contribution < 1.29 is 4.74 Å². The Kier molecular flexibility index (Phi) is 4.64. The van der Waals surface area contributed by atoms with Crippen LogP contribution in [0.4, 0.5) is 0 Å². The summed E-state index contributed by atoms with van der Waals surface area (Å²) in [7, 11) is 0. The second-order valence-corrected chi connectivity index (χ2v) is 6.27. The molecule has 0 radical (unpaired) electrons. The van der Waals surface area contributed by atoms with E-state index in [-0.39, 0.29) is 5.96 Å². The fourth-order valence-electron chi connectivity index (χ4n) is 2.65. The van der Waals surface area contributed by atoms with Crippen molar-refractivity contribution in [3.63, 3.8) is 0 Å². The summed E-state index contributed by atoms with van der Waals surface area (Å²) >= 11 is 12.2. The van der Waals surface area contributed by atoms with Crippen LogP contribution in [-0.2, 0) is 19.6 Å². The number of nitrogens with two attached hydrogens (primary N) is 1. The van der Waals surface area contributed by atoms with Crippen molar-refractivity contribution >= 4 is 29.2 Å². The molecule has 4 nitrogen and oxygen atoms in total. The highest BCUT2D eigenvalue weighted by Gasteiger charge is 2.17. The summed E-state index contributed by atoms with van der Waals surface area (Å²) in [6.07, 6.45) is 0.884. The zero-order valence-electron chi connectivity index (χ0n) is 12.5. The van der Waals surface area contributed by atoms with Gasteiger partial charge in [0.05, 0.1) is 10.0 Å². The predicted molar refractivity (Wildman–Crippen MR) is 93.3 cm³/mol. The van der Waals surface area contributed by atoms with Crippen molar-refractivity contribution in [3.8, 4) is 5.75 Å². The molecule has 0 atom stereocenters. The SMILES string of the molecule is N=C(N)N1CCc2ccc(OCc3cccc(Cl)c3Cl)cc2C1. The maximum Gasteiger partial charge on any atom is 0.188 e. The number of benzene rings is 2. The maximum absolute atomic E-state index is 7.57. The average Bonchev–Trinajstić information content (AvgIpc) is 2.55. The summed E-state index contributed by atoms with van der Waals surface area (Å²) in [6, 6.07) is 11.5. The third-order valence-corrected chi connectivity index (χ3v) is 4.81. The van der Waals surface area contributed by atoms with Crippen molar-refractivity contribution in [2.24, 2.45) is 5.73 Å². The Morgan fingerprint density at radius 2 is 2.04 bits per heavy atom. The van der Waals surface area contributed by atoms with Gasteiger partial charge in [-0.05, 0) is 35.7 Å². The van der Waals surface area contributed by atoms with E-state index >= 15 is 0 Å². The Bertz CT molecular complexity index is 749. The molecule has 3 N–H and O–H groups in total. The minimum absolute atomic E-state index is 0.104. The Balaban J connectivity index is 1.73. The van der Waals surface area contributed by atoms with Crippen molar-refractivity contribution in [2.75, 3.05) is 6.54 Å². The van der Waals surface area contributed by atoms with Gasteiger partial charge < -0.3 is 15.4 Å². The van der Waals surface area contributed by atoms with Crippen LogP contribution >= 0.6 is 23.2 Å². The molecule has 2 aromatic rings. The first-order valence-corrected chi connectivity index (χ1v) is 8.06. The van der Waals surface area contributed by atoms with Crippen LogP contribution in [0.5, 0.6) is 5.75 Å². The van der Waals surface area contributed by atoms with Gasteiger partial charge in [0.1, 0.15) is 12.4 Å². The molecule has 0 fully saturated rings. The zero-order valence-corrected chi connectivity index (χ0v) is 14.0. The molecule has 120 valence electrons. The van der Waals surface area contributed by atoms with Gasteiger partial charge in [0.2, 0.25) is 0 Å². The molecule has 0 saturated carbocycles. The first kappa shape index (κ1) is 16.0. The molecule has 0 saturated heterocycles. The number of nitrogens with zero attached hydrogens (tertiary/aromatic N) is 1. The fraction of sp³-hybridized carbons (Fsp3) is 0.235. The van der Waals surface area contributed by atoms with Crippen LogP contribution in [0.2, 0.25) is 10.0 Å². The first-order valence-electron chi connectivity index (χ1n) is 7.31. The summed E-state index contributed by atoms with van der Waals surface area (Å²) < 4.78 is 5.84. The van der Waals surface area contributed by atoms with Crippen molar-refractivity contribution in [1.29, 1.82) is 5.41 Å². The molecule has 1 aliphatic rings. The summed E-state index contributed by atoms with van der Waals surface area (Å²) in [5.41, 5.74) is 8.84. The Labute approximate surface area is 145 Å². The third kappa shape index (κ3) is 3.54. The van der Waals surface area contributed by atoms with E-state index in [4.69, 9.17) is 39.1 Å². The summed E-state index contributed by atoms with van der Waals surface area (Å²) in [5.74, 6) is 0.873. The van der Waals surface area contributed by atoms with Gasteiger partial charge in [0.15, 0.2) is 5.96 Å². The normalized spacial score (nSPS) is 13.6. The number of guanidine groups is 1. The summed E-state index contributed by atoms with van der Waals surface area (Å²) in [5, 5.41) is 8.61. The lowest BCUT2D eigenvalue weighted by Crippen LogP contribution is -2.40. The van der Waals surface area contributed by atoms with E-state index in [1.807, 2.05) is 29.2 Å². The van der Waals surface area contributed by atoms with Gasteiger partial charge in [-0.1, -0.05) is 41.4 Å². The molecule has 0 amide bonds. The highest BCUT2D eigenvalue weighted by molar-refractivity contribution is 6.42. The summed E-state index contributed by atoms with van der Waals surface area (Å²) in [4.78, 5) is 1.85. The number of fused-ring (bicyclic) bond motifs is 1. The van der Waals surface area contributed by atoms with Crippen LogP contribution in [0, 0.1) is 5.41 Å². The van der Waals surface area contributed by atoms with E-state index in [9.17, 15) is 0 Å². The molecule has 23 heavy (non-hydrogen) atoms. The molecule has 0 aromatic heterocycles. The van der Waals surface area contributed by atoms with Gasteiger partial charge in [0, 0.05) is 18.7 Å². The van der Waals surface area contributed by atoms with Crippen LogP contribution in [0.15, 0.2) is 36.4 Å². The zero-order chi connectivity index (χ0) is 16.4. The monoisotopic (exact) mass is 349 g/mol. The summed E-state index contributed by atoms with van der Waals surface area (Å²) in [6.45, 7) is 1.77. The van der Waals surface area contributed by atoms with Crippen LogP contribution in [0.1, 0.15) is 16.7 Å². The van der Waals surface area contributed by atoms with E-state index in [2.05, 4.69) is 6.07 Å². The lowest BCUT2D eigenvalue weighted by Gasteiger charge is -2.29. The molecule has 2 aromatic carbocycles. The predicted octanol–water partition coefficient (Wildman–Crippen LogP) is 3.82. The minimum atomic E-state index is 0.104. The van der Waals surface area contributed by atoms with E-state index < -0.39 is 0 Å². The highest BCUT2D eigenvalue weighted by Crippen LogP contribution is 2.28. The first-order chi connectivity index (χ1) is 11.0. The molecule has 1 heterocycles. The maximum atomic E-state index is 7.57. The smallest absolute Gasteiger partial charge is 0.188 e. The molecule has 3 rings (SSSR count). The Morgan fingerprint density at radius 3 is 2.83 bits per heavy atom. The van der Waals surface area contributed by atoms with Crippen molar-refractivity contribution in [2.45, 2.75) is 19.6 Å². The van der Waals surface area contributed by atoms with Gasteiger partial charge in [-0.25, -0.2) is 0 Å². The standard InChI is InChI=1S/C17H17Cl2N3O/c18-15-3-1-2-12(16(15)19)10-23-14-5-4-11-6-7-22(17(20)21)9-13(11)8-14/h1-5,8H,6-7,9-10H2,(H3,20,21). The van der Waals surface area contributed by atoms with Crippen LogP contribution in [0.3, 0.4) is 0 Å². The second kappa shape index (κ2) is 6.69. The molecule has 0 spiro atoms. The quantitative estimate of drug-likeness (QED) is 0.653. The van der Waals surface area contributed by atoms with Gasteiger partial charge in [-0.3, -0.25) is 5.41 Å². The molecular formula is C17H17Cl2N3O. The Morgan fingerprint density at radius 1 is 1.22 bits per heavy atom. The van der Waals surface area contributed by atoms with Crippen LogP contribution in [-0.4, -0.2) is 17.4 Å². The second-order valence-electron chi connectivity index (χ2n) is 5.49. The van der Waals surface area contributed by atoms with Crippen LogP contribution in [0.25, 0.3) is 0 Å². The molecule has 6 heteroatoms. The third-order valence-electron chi connectivity index (χ3n) is 3.96. The van der Waals surface area contributed by atoms with Gasteiger partial charge in [0.25, 0.3) is 0 Å². The number of halogens is 2. The lowest BCUT2D eigenvalue weighted by atomic mass is 10.00. The van der Waals surface area contributed by atoms with Crippen molar-refractivity contribution in [1.82, 2.24) is 4.90 Å². The topological polar surface area (TPSA) is 62.3 Å². The Hall–Kier alpha value is -1.91. The molecule has 0 aliphatic carbocycles. The lowest BCUT2D eigenvalue weighted by molar-refractivity contribution is 0.304. The van der Waals surface area contributed by atoms with E-state index in [0.717, 1.165) is 29.8 Å². The van der Waals surface area contributed by atoms with Crippen molar-refractivity contribution in [3.05, 3.63) is 63.1 Å². The fourth-order valence-corrected chi connectivity index (χ4v) is 3.02. The number of ether oxygens (including phenoxy) is 1. The molecule has 0 unspecified atom stereocenters. The average molecular weight is 350 g/mol. The van der Waals surface area contributed by atoms with E-state index in [1.54, 1.807) is 6.07 Å². The van der Waals surface area contributed by atoms with Gasteiger partial charge in [-0.15, -0.1) is 0 Å². The minimum Gasteiger partial charge on any atom is -0.489 e. The molecule has 0 bridgehead atoms. The largest absolute Gasteiger partial charge is 0.489 e.